The van der Waals surface area contributed by atoms with Gasteiger partial charge in [0.2, 0.25) is 5.91 Å². The van der Waals surface area contributed by atoms with E-state index in [2.05, 4.69) is 20.7 Å². The lowest BCUT2D eigenvalue weighted by Gasteiger charge is -2.10. The maximum absolute atomic E-state index is 12.4. The van der Waals surface area contributed by atoms with Gasteiger partial charge in [-0.2, -0.15) is 15.0 Å². The van der Waals surface area contributed by atoms with Gasteiger partial charge in [0.1, 0.15) is 11.6 Å². The molecule has 2 N–H and O–H groups in total. The fraction of sp³-hybridized carbons (Fsp3) is 0.0455. The third-order valence-electron chi connectivity index (χ3n) is 4.46. The van der Waals surface area contributed by atoms with E-state index in [1.807, 2.05) is 36.4 Å². The molecule has 8 nitrogen and oxygen atoms in total. The molecule has 4 aromatic rings. The summed E-state index contributed by atoms with van der Waals surface area (Å²) in [5, 5.41) is 20.2. The summed E-state index contributed by atoms with van der Waals surface area (Å²) in [5.41, 5.74) is 1.30. The Bertz CT molecular complexity index is 1320. The van der Waals surface area contributed by atoms with Crippen LogP contribution in [0.5, 0.6) is 0 Å². The molecule has 0 bridgehead atoms. The van der Waals surface area contributed by atoms with Gasteiger partial charge in [0.15, 0.2) is 11.6 Å². The van der Waals surface area contributed by atoms with Gasteiger partial charge in [-0.15, -0.1) is 0 Å². The van der Waals surface area contributed by atoms with Gasteiger partial charge in [-0.05, 0) is 42.5 Å². The molecule has 0 atom stereocenters. The zero-order chi connectivity index (χ0) is 21.8. The highest BCUT2D eigenvalue weighted by Crippen LogP contribution is 2.21. The van der Waals surface area contributed by atoms with Crippen LogP contribution in [0.4, 0.5) is 5.82 Å². The monoisotopic (exact) mass is 430 g/mol. The predicted molar refractivity (Wildman–Crippen MR) is 116 cm³/mol. The summed E-state index contributed by atoms with van der Waals surface area (Å²) in [6, 6.07) is 19.5. The van der Waals surface area contributed by atoms with Crippen LogP contribution >= 0.6 is 11.6 Å². The molecule has 0 aliphatic rings. The molecule has 9 heteroatoms. The second kappa shape index (κ2) is 8.65. The summed E-state index contributed by atoms with van der Waals surface area (Å²) in [4.78, 5) is 29.2. The fourth-order valence-corrected chi connectivity index (χ4v) is 3.06. The molecule has 0 saturated heterocycles. The van der Waals surface area contributed by atoms with Gasteiger partial charge in [-0.25, -0.2) is 4.98 Å². The summed E-state index contributed by atoms with van der Waals surface area (Å²) >= 11 is 5.81. The second-order valence-electron chi connectivity index (χ2n) is 6.53. The molecule has 152 valence electrons. The average molecular weight is 431 g/mol. The van der Waals surface area contributed by atoms with Crippen molar-refractivity contribution in [3.8, 4) is 11.9 Å². The maximum atomic E-state index is 12.4. The number of aromatic nitrogens is 3. The number of rotatable bonds is 5. The number of carbonyl (C=O) groups excluding carboxylic acids is 2. The van der Waals surface area contributed by atoms with E-state index in [0.717, 1.165) is 10.9 Å². The zero-order valence-corrected chi connectivity index (χ0v) is 16.8. The number of para-hydroxylation sites is 1. The van der Waals surface area contributed by atoms with Crippen LogP contribution in [0.15, 0.2) is 66.9 Å². The molecule has 2 amide bonds. The van der Waals surface area contributed by atoms with Crippen LogP contribution in [0, 0.1) is 11.3 Å². The van der Waals surface area contributed by atoms with Crippen molar-refractivity contribution in [3.05, 3.63) is 83.0 Å². The first-order valence-corrected chi connectivity index (χ1v) is 9.61. The van der Waals surface area contributed by atoms with Crippen LogP contribution < -0.4 is 10.6 Å². The molecular formula is C22H15ClN6O2. The molecule has 31 heavy (non-hydrogen) atoms. The number of anilines is 1. The van der Waals surface area contributed by atoms with Crippen molar-refractivity contribution in [2.45, 2.75) is 0 Å². The van der Waals surface area contributed by atoms with Gasteiger partial charge < -0.3 is 10.6 Å². The molecule has 0 saturated carbocycles. The van der Waals surface area contributed by atoms with E-state index in [0.29, 0.717) is 16.4 Å². The van der Waals surface area contributed by atoms with Gasteiger partial charge in [-0.1, -0.05) is 29.8 Å². The molecular weight excluding hydrogens is 416 g/mol. The number of nitrogens with one attached hydrogen (secondary N) is 2. The Labute approximate surface area is 182 Å². The van der Waals surface area contributed by atoms with Crippen molar-refractivity contribution < 1.29 is 9.59 Å². The lowest BCUT2D eigenvalue weighted by Crippen LogP contribution is -2.33. The molecule has 2 heterocycles. The molecule has 2 aromatic heterocycles. The summed E-state index contributed by atoms with van der Waals surface area (Å²) in [6.45, 7) is -0.289. The van der Waals surface area contributed by atoms with E-state index in [1.54, 1.807) is 30.3 Å². The smallest absolute Gasteiger partial charge is 0.251 e. The number of fused-ring (bicyclic) bond motifs is 1. The van der Waals surface area contributed by atoms with E-state index >= 15 is 0 Å². The summed E-state index contributed by atoms with van der Waals surface area (Å²) in [7, 11) is 0. The third kappa shape index (κ3) is 4.37. The van der Waals surface area contributed by atoms with Crippen molar-refractivity contribution in [1.82, 2.24) is 20.1 Å². The van der Waals surface area contributed by atoms with Crippen LogP contribution in [-0.4, -0.2) is 33.1 Å². The Morgan fingerprint density at radius 1 is 1.06 bits per heavy atom. The van der Waals surface area contributed by atoms with Gasteiger partial charge in [0, 0.05) is 16.0 Å². The van der Waals surface area contributed by atoms with Crippen LogP contribution in [0.1, 0.15) is 15.9 Å². The SMILES string of the molecule is N#Cc1cnn(-c2ccc3ccccc3n2)c1NC(=O)CNC(=O)c1ccc(Cl)cc1. The number of pyridine rings is 1. The maximum Gasteiger partial charge on any atom is 0.251 e. The number of benzene rings is 2. The minimum Gasteiger partial charge on any atom is -0.343 e. The van der Waals surface area contributed by atoms with E-state index in [1.165, 1.54) is 10.9 Å². The normalized spacial score (nSPS) is 10.5. The molecule has 0 aliphatic heterocycles. The molecule has 0 spiro atoms. The zero-order valence-electron chi connectivity index (χ0n) is 16.0. The Hall–Kier alpha value is -4.22. The van der Waals surface area contributed by atoms with Crippen LogP contribution in [0.3, 0.4) is 0 Å². The van der Waals surface area contributed by atoms with E-state index in [-0.39, 0.29) is 17.9 Å². The summed E-state index contributed by atoms with van der Waals surface area (Å²) in [5.74, 6) is -0.310. The summed E-state index contributed by atoms with van der Waals surface area (Å²) < 4.78 is 1.38. The minimum absolute atomic E-state index is 0.173. The summed E-state index contributed by atoms with van der Waals surface area (Å²) in [6.07, 6.45) is 1.35. The standard InChI is InChI=1S/C22H15ClN6O2/c23-17-8-5-15(6-9-17)22(31)25-13-20(30)28-21-16(11-24)12-26-29(21)19-10-7-14-3-1-2-4-18(14)27-19/h1-10,12H,13H2,(H,25,31)(H,28,30). The number of nitrogens with zero attached hydrogens (tertiary/aromatic N) is 4. The second-order valence-corrected chi connectivity index (χ2v) is 6.97. The highest BCUT2D eigenvalue weighted by Gasteiger charge is 2.17. The lowest BCUT2D eigenvalue weighted by molar-refractivity contribution is -0.115. The molecule has 0 radical (unpaired) electrons. The van der Waals surface area contributed by atoms with E-state index in [4.69, 9.17) is 11.6 Å². The first-order valence-electron chi connectivity index (χ1n) is 9.23. The van der Waals surface area contributed by atoms with Crippen molar-refractivity contribution in [3.63, 3.8) is 0 Å². The number of amides is 2. The van der Waals surface area contributed by atoms with Crippen molar-refractivity contribution in [2.75, 3.05) is 11.9 Å². The number of halogens is 1. The first kappa shape index (κ1) is 20.1. The number of hydrogen-bond acceptors (Lipinski definition) is 5. The molecule has 4 rings (SSSR count). The molecule has 0 fully saturated rings. The number of carbonyl (C=O) groups is 2. The first-order chi connectivity index (χ1) is 15.0. The highest BCUT2D eigenvalue weighted by molar-refractivity contribution is 6.30. The van der Waals surface area contributed by atoms with E-state index < -0.39 is 11.8 Å². The van der Waals surface area contributed by atoms with Crippen LogP contribution in [0.2, 0.25) is 5.02 Å². The van der Waals surface area contributed by atoms with E-state index in [9.17, 15) is 14.9 Å². The van der Waals surface area contributed by atoms with Crippen molar-refractivity contribution in [1.29, 1.82) is 5.26 Å². The minimum atomic E-state index is -0.513. The van der Waals surface area contributed by atoms with Gasteiger partial charge >= 0.3 is 0 Å². The van der Waals surface area contributed by atoms with Crippen molar-refractivity contribution in [2.24, 2.45) is 0 Å². The Morgan fingerprint density at radius 2 is 1.84 bits per heavy atom. The topological polar surface area (TPSA) is 113 Å². The molecule has 0 aliphatic carbocycles. The quantitative estimate of drug-likeness (QED) is 0.504. The third-order valence-corrected chi connectivity index (χ3v) is 4.72. The fourth-order valence-electron chi connectivity index (χ4n) is 2.94. The Balaban J connectivity index is 1.52. The van der Waals surface area contributed by atoms with Crippen LogP contribution in [0.25, 0.3) is 16.7 Å². The van der Waals surface area contributed by atoms with Gasteiger partial charge in [-0.3, -0.25) is 9.59 Å². The average Bonchev–Trinajstić information content (AvgIpc) is 3.20. The van der Waals surface area contributed by atoms with Crippen molar-refractivity contribution >= 4 is 40.1 Å². The van der Waals surface area contributed by atoms with Gasteiger partial charge in [0.05, 0.1) is 18.3 Å². The predicted octanol–water partition coefficient (Wildman–Crippen LogP) is 3.31. The largest absolute Gasteiger partial charge is 0.343 e. The highest BCUT2D eigenvalue weighted by atomic mass is 35.5. The van der Waals surface area contributed by atoms with Gasteiger partial charge in [0.25, 0.3) is 5.91 Å². The lowest BCUT2D eigenvalue weighted by atomic mass is 10.2. The number of nitriles is 1. The number of hydrogen-bond donors (Lipinski definition) is 2. The van der Waals surface area contributed by atoms with Crippen LogP contribution in [-0.2, 0) is 4.79 Å². The Morgan fingerprint density at radius 3 is 2.61 bits per heavy atom. The molecule has 2 aromatic carbocycles. The molecule has 0 unspecified atom stereocenters. The Kier molecular flexibility index (Phi) is 5.60.